The van der Waals surface area contributed by atoms with E-state index >= 15 is 0 Å². The highest BCUT2D eigenvalue weighted by Gasteiger charge is 2.60. The van der Waals surface area contributed by atoms with Crippen LogP contribution in [-0.2, 0) is 5.60 Å². The second kappa shape index (κ2) is 6.40. The first kappa shape index (κ1) is 18.7. The first-order valence-electron chi connectivity index (χ1n) is 6.97. The van der Waals surface area contributed by atoms with Gasteiger partial charge in [-0.05, 0) is 26.8 Å². The Morgan fingerprint density at radius 3 is 1.95 bits per heavy atom. The van der Waals surface area contributed by atoms with Crippen LogP contribution in [0.5, 0.6) is 0 Å². The maximum Gasteiger partial charge on any atom is 0.453 e. The summed E-state index contributed by atoms with van der Waals surface area (Å²) < 4.78 is 63.8. The molecule has 0 aliphatic heterocycles. The van der Waals surface area contributed by atoms with Gasteiger partial charge in [0, 0.05) is 24.3 Å². The van der Waals surface area contributed by atoms with Crippen LogP contribution in [0.15, 0.2) is 24.3 Å². The minimum Gasteiger partial charge on any atom is -0.385 e. The highest BCUT2D eigenvalue weighted by Crippen LogP contribution is 2.45. The predicted octanol–water partition coefficient (Wildman–Crippen LogP) is 4.33. The zero-order valence-corrected chi connectivity index (χ0v) is 12.7. The van der Waals surface area contributed by atoms with Crippen LogP contribution in [0.3, 0.4) is 0 Å². The van der Waals surface area contributed by atoms with Crippen LogP contribution >= 0.6 is 0 Å². The molecule has 0 amide bonds. The summed E-state index contributed by atoms with van der Waals surface area (Å²) in [6.45, 7) is 5.73. The Hall–Kier alpha value is -1.37. The summed E-state index contributed by atoms with van der Waals surface area (Å²) in [5, 5.41) is 10.3. The summed E-state index contributed by atoms with van der Waals surface area (Å²) in [6.07, 6.45) is -7.41. The van der Waals surface area contributed by atoms with Gasteiger partial charge in [0.1, 0.15) is 0 Å². The fourth-order valence-electron chi connectivity index (χ4n) is 2.40. The van der Waals surface area contributed by atoms with Crippen molar-refractivity contribution in [3.63, 3.8) is 0 Å². The minimum atomic E-state index is -5.69. The monoisotopic (exact) mass is 325 g/mol. The molecule has 0 bridgehead atoms. The van der Waals surface area contributed by atoms with E-state index in [-0.39, 0.29) is 5.56 Å². The first-order valence-corrected chi connectivity index (χ1v) is 6.97. The molecule has 1 aromatic rings. The summed E-state index contributed by atoms with van der Waals surface area (Å²) in [5.41, 5.74) is -1.80. The number of anilines is 1. The molecule has 0 fully saturated rings. The van der Waals surface area contributed by atoms with E-state index in [1.807, 2.05) is 13.8 Å². The van der Waals surface area contributed by atoms with Crippen molar-refractivity contribution in [2.24, 2.45) is 0 Å². The molecule has 0 aliphatic carbocycles. The normalized spacial score (nSPS) is 15.5. The third-order valence-corrected chi connectivity index (χ3v) is 3.57. The van der Waals surface area contributed by atoms with Crippen molar-refractivity contribution in [1.29, 1.82) is 0 Å². The largest absolute Gasteiger partial charge is 0.453 e. The highest BCUT2D eigenvalue weighted by molar-refractivity contribution is 5.56. The van der Waals surface area contributed by atoms with E-state index < -0.39 is 24.1 Å². The Labute approximate surface area is 126 Å². The molecule has 0 spiro atoms. The molecule has 1 rings (SSSR count). The number of alkyl halides is 5. The van der Waals surface area contributed by atoms with Gasteiger partial charge in [-0.15, -0.1) is 0 Å². The number of nitrogens with zero attached hydrogens (tertiary/aromatic N) is 1. The van der Waals surface area contributed by atoms with Gasteiger partial charge in [-0.1, -0.05) is 18.2 Å². The molecule has 1 atom stereocenters. The van der Waals surface area contributed by atoms with Gasteiger partial charge in [0.05, 0.1) is 12.0 Å². The fourth-order valence-corrected chi connectivity index (χ4v) is 2.40. The number of para-hydroxylation sites is 1. The predicted molar refractivity (Wildman–Crippen MR) is 75.2 cm³/mol. The molecule has 0 radical (unpaired) electrons. The van der Waals surface area contributed by atoms with E-state index in [0.29, 0.717) is 18.8 Å². The summed E-state index contributed by atoms with van der Waals surface area (Å²) in [5.74, 6) is -4.97. The second-order valence-corrected chi connectivity index (χ2v) is 5.34. The fraction of sp³-hybridized carbons (Fsp3) is 0.600. The van der Waals surface area contributed by atoms with Gasteiger partial charge in [0.2, 0.25) is 0 Å². The molecule has 0 saturated heterocycles. The molecule has 0 saturated carbocycles. The van der Waals surface area contributed by atoms with Crippen molar-refractivity contribution in [2.75, 3.05) is 18.0 Å². The van der Waals surface area contributed by atoms with E-state index in [4.69, 9.17) is 0 Å². The quantitative estimate of drug-likeness (QED) is 0.787. The molecule has 2 nitrogen and oxygen atoms in total. The van der Waals surface area contributed by atoms with Gasteiger partial charge in [0.25, 0.3) is 0 Å². The van der Waals surface area contributed by atoms with Gasteiger partial charge < -0.3 is 10.0 Å². The number of halogens is 5. The Morgan fingerprint density at radius 1 is 1.00 bits per heavy atom. The number of hydrogen-bond acceptors (Lipinski definition) is 2. The van der Waals surface area contributed by atoms with Crippen LogP contribution in [0.25, 0.3) is 0 Å². The van der Waals surface area contributed by atoms with Crippen LogP contribution in [0, 0.1) is 0 Å². The lowest BCUT2D eigenvalue weighted by atomic mass is 9.87. The molecule has 1 unspecified atom stereocenters. The molecule has 7 heteroatoms. The van der Waals surface area contributed by atoms with E-state index in [2.05, 4.69) is 0 Å². The number of aliphatic hydroxyl groups is 1. The number of benzene rings is 1. The zero-order chi connectivity index (χ0) is 17.2. The average molecular weight is 325 g/mol. The third kappa shape index (κ3) is 3.88. The maximum absolute atomic E-state index is 13.3. The van der Waals surface area contributed by atoms with Crippen molar-refractivity contribution in [3.05, 3.63) is 29.8 Å². The van der Waals surface area contributed by atoms with E-state index in [1.54, 1.807) is 17.0 Å². The minimum absolute atomic E-state index is 0.0580. The Balaban J connectivity index is 3.24. The van der Waals surface area contributed by atoms with E-state index in [1.165, 1.54) is 12.1 Å². The molecule has 0 aliphatic rings. The Bertz CT molecular complexity index is 495. The topological polar surface area (TPSA) is 23.5 Å². The van der Waals surface area contributed by atoms with Crippen molar-refractivity contribution < 1.29 is 27.1 Å². The van der Waals surface area contributed by atoms with Crippen molar-refractivity contribution >= 4 is 5.69 Å². The molecular weight excluding hydrogens is 305 g/mol. The standard InChI is InChI=1S/C15H20F5NO/c1-4-21(5-2)12-9-7-6-8-11(12)13(3,22)10-14(16,17)15(18,19)20/h6-9,22H,4-5,10H2,1-3H3. The van der Waals surface area contributed by atoms with Gasteiger partial charge in [-0.3, -0.25) is 0 Å². The van der Waals surface area contributed by atoms with Gasteiger partial charge in [-0.2, -0.15) is 22.0 Å². The molecule has 22 heavy (non-hydrogen) atoms. The third-order valence-electron chi connectivity index (χ3n) is 3.57. The molecule has 126 valence electrons. The summed E-state index contributed by atoms with van der Waals surface area (Å²) >= 11 is 0. The summed E-state index contributed by atoms with van der Waals surface area (Å²) in [6, 6.07) is 6.13. The lowest BCUT2D eigenvalue weighted by Crippen LogP contribution is -2.43. The number of rotatable bonds is 6. The van der Waals surface area contributed by atoms with Gasteiger partial charge in [0.15, 0.2) is 0 Å². The maximum atomic E-state index is 13.3. The number of hydrogen-bond donors (Lipinski definition) is 1. The van der Waals surface area contributed by atoms with Gasteiger partial charge in [-0.25, -0.2) is 0 Å². The lowest BCUT2D eigenvalue weighted by Gasteiger charge is -2.34. The lowest BCUT2D eigenvalue weighted by molar-refractivity contribution is -0.296. The Morgan fingerprint density at radius 2 is 1.50 bits per heavy atom. The second-order valence-electron chi connectivity index (χ2n) is 5.34. The molecule has 0 heterocycles. The molecule has 1 N–H and O–H groups in total. The molecule has 0 aromatic heterocycles. The smallest absolute Gasteiger partial charge is 0.385 e. The first-order chi connectivity index (χ1) is 9.96. The van der Waals surface area contributed by atoms with Crippen LogP contribution in [0.1, 0.15) is 32.8 Å². The summed E-state index contributed by atoms with van der Waals surface area (Å²) in [7, 11) is 0. The summed E-state index contributed by atoms with van der Waals surface area (Å²) in [4.78, 5) is 1.79. The highest BCUT2D eigenvalue weighted by atomic mass is 19.4. The SMILES string of the molecule is CCN(CC)c1ccccc1C(C)(O)CC(F)(F)C(F)(F)F. The van der Waals surface area contributed by atoms with E-state index in [9.17, 15) is 27.1 Å². The van der Waals surface area contributed by atoms with Crippen LogP contribution in [0.2, 0.25) is 0 Å². The average Bonchev–Trinajstić information content (AvgIpc) is 2.38. The van der Waals surface area contributed by atoms with Crippen LogP contribution < -0.4 is 4.90 Å². The van der Waals surface area contributed by atoms with Crippen molar-refractivity contribution in [2.45, 2.75) is 44.9 Å². The van der Waals surface area contributed by atoms with Crippen LogP contribution in [0.4, 0.5) is 27.6 Å². The van der Waals surface area contributed by atoms with Crippen molar-refractivity contribution in [3.8, 4) is 0 Å². The zero-order valence-electron chi connectivity index (χ0n) is 12.7. The van der Waals surface area contributed by atoms with Crippen LogP contribution in [-0.4, -0.2) is 30.3 Å². The molecular formula is C15H20F5NO. The van der Waals surface area contributed by atoms with Gasteiger partial charge >= 0.3 is 12.1 Å². The van der Waals surface area contributed by atoms with E-state index in [0.717, 1.165) is 6.92 Å². The Kier molecular flexibility index (Phi) is 5.43. The van der Waals surface area contributed by atoms with Crippen molar-refractivity contribution in [1.82, 2.24) is 0 Å². The molecule has 1 aromatic carbocycles.